The van der Waals surface area contributed by atoms with E-state index in [4.69, 9.17) is 5.11 Å². The average Bonchev–Trinajstić information content (AvgIpc) is 2.76. The number of amides is 1. The maximum Gasteiger partial charge on any atom is 0.303 e. The van der Waals surface area contributed by atoms with Crippen molar-refractivity contribution >= 4 is 27.7 Å². The summed E-state index contributed by atoms with van der Waals surface area (Å²) in [5.41, 5.74) is 0.466. The van der Waals surface area contributed by atoms with Gasteiger partial charge in [-0.2, -0.15) is 8.42 Å². The third-order valence-corrected chi connectivity index (χ3v) is 4.57. The van der Waals surface area contributed by atoms with Crippen LogP contribution < -0.4 is 5.32 Å². The highest BCUT2D eigenvalue weighted by Crippen LogP contribution is 2.26. The molecule has 1 aliphatic heterocycles. The number of fused-ring (bicyclic) bond motifs is 1. The first-order valence-corrected chi connectivity index (χ1v) is 8.39. The van der Waals surface area contributed by atoms with Crippen LogP contribution in [-0.2, 0) is 19.6 Å². The number of aliphatic carboxylic acids is 1. The smallest absolute Gasteiger partial charge is 0.303 e. The summed E-state index contributed by atoms with van der Waals surface area (Å²) >= 11 is 0. The zero-order chi connectivity index (χ0) is 17.0. The molecule has 0 saturated heterocycles. The number of likely N-dealkylation sites (N-methyl/N-ethyl adjacent to an activating group) is 1. The van der Waals surface area contributed by atoms with Crippen LogP contribution in [0.2, 0.25) is 0 Å². The van der Waals surface area contributed by atoms with Crippen molar-refractivity contribution in [3.63, 3.8) is 0 Å². The van der Waals surface area contributed by atoms with E-state index in [-0.39, 0.29) is 36.1 Å². The van der Waals surface area contributed by atoms with E-state index in [2.05, 4.69) is 9.71 Å². The van der Waals surface area contributed by atoms with E-state index in [0.717, 1.165) is 0 Å². The Hall–Kier alpha value is -2.42. The van der Waals surface area contributed by atoms with Crippen molar-refractivity contribution in [1.29, 1.82) is 0 Å². The number of amidine groups is 1. The number of nitrogens with zero attached hydrogens (tertiary/aromatic N) is 2. The lowest BCUT2D eigenvalue weighted by atomic mass is 10.2. The molecule has 1 heterocycles. The highest BCUT2D eigenvalue weighted by atomic mass is 32.2. The second kappa shape index (κ2) is 6.78. The van der Waals surface area contributed by atoms with Crippen LogP contribution in [0.25, 0.3) is 0 Å². The van der Waals surface area contributed by atoms with Gasteiger partial charge in [0.05, 0.1) is 6.54 Å². The number of hydrogen-bond acceptors (Lipinski definition) is 5. The minimum atomic E-state index is -3.72. The standard InChI is InChI=1S/C14H17N3O5S/c1-17(9-12(18)15-8-4-7-13(19)20)14-10-5-2-3-6-11(10)23(21,22)16-14/h2-3,5-6H,4,7-9H2,1H3,(H,15,18)(H,19,20). The highest BCUT2D eigenvalue weighted by molar-refractivity contribution is 7.90. The lowest BCUT2D eigenvalue weighted by Crippen LogP contribution is -2.38. The molecule has 0 spiro atoms. The summed E-state index contributed by atoms with van der Waals surface area (Å²) < 4.78 is 27.6. The molecular formula is C14H17N3O5S. The van der Waals surface area contributed by atoms with Gasteiger partial charge in [0.2, 0.25) is 5.91 Å². The molecule has 0 fully saturated rings. The molecule has 1 amide bonds. The van der Waals surface area contributed by atoms with E-state index in [1.165, 1.54) is 11.0 Å². The minimum Gasteiger partial charge on any atom is -0.481 e. The molecule has 0 aromatic heterocycles. The van der Waals surface area contributed by atoms with Crippen LogP contribution in [0.1, 0.15) is 18.4 Å². The van der Waals surface area contributed by atoms with Crippen molar-refractivity contribution in [3.8, 4) is 0 Å². The third kappa shape index (κ3) is 4.07. The minimum absolute atomic E-state index is 0.0194. The maximum atomic E-state index is 12.0. The van der Waals surface area contributed by atoms with Gasteiger partial charge in [0.15, 0.2) is 5.84 Å². The van der Waals surface area contributed by atoms with Crippen molar-refractivity contribution in [3.05, 3.63) is 29.8 Å². The highest BCUT2D eigenvalue weighted by Gasteiger charge is 2.30. The van der Waals surface area contributed by atoms with Crippen LogP contribution in [0.15, 0.2) is 33.6 Å². The second-order valence-corrected chi connectivity index (χ2v) is 6.66. The van der Waals surface area contributed by atoms with Gasteiger partial charge in [-0.05, 0) is 18.6 Å². The normalized spacial score (nSPS) is 14.7. The number of hydrogen-bond donors (Lipinski definition) is 2. The van der Waals surface area contributed by atoms with Gasteiger partial charge in [-0.1, -0.05) is 12.1 Å². The van der Waals surface area contributed by atoms with Crippen molar-refractivity contribution in [2.45, 2.75) is 17.7 Å². The second-order valence-electron chi connectivity index (χ2n) is 5.09. The molecule has 1 aromatic carbocycles. The molecule has 0 unspecified atom stereocenters. The van der Waals surface area contributed by atoms with Crippen LogP contribution in [0.4, 0.5) is 0 Å². The molecule has 1 aromatic rings. The monoisotopic (exact) mass is 339 g/mol. The zero-order valence-corrected chi connectivity index (χ0v) is 13.3. The molecule has 0 aliphatic carbocycles. The number of carboxylic acid groups (broad SMARTS) is 1. The Balaban J connectivity index is 1.98. The Morgan fingerprint density at radius 2 is 2.00 bits per heavy atom. The molecule has 2 N–H and O–H groups in total. The van der Waals surface area contributed by atoms with E-state index in [0.29, 0.717) is 12.0 Å². The first-order chi connectivity index (χ1) is 10.8. The van der Waals surface area contributed by atoms with E-state index in [9.17, 15) is 18.0 Å². The molecule has 8 nitrogen and oxygen atoms in total. The Kier molecular flexibility index (Phi) is 4.99. The SMILES string of the molecule is CN(CC(=O)NCCCC(=O)O)C1=NS(=O)(=O)c2ccccc21. The number of carbonyl (C=O) groups is 2. The van der Waals surface area contributed by atoms with Crippen molar-refractivity contribution in [2.75, 3.05) is 20.1 Å². The Morgan fingerprint density at radius 3 is 2.70 bits per heavy atom. The molecule has 23 heavy (non-hydrogen) atoms. The number of sulfonamides is 1. The van der Waals surface area contributed by atoms with Gasteiger partial charge in [-0.25, -0.2) is 0 Å². The Morgan fingerprint density at radius 1 is 1.30 bits per heavy atom. The van der Waals surface area contributed by atoms with Crippen molar-refractivity contribution < 1.29 is 23.1 Å². The summed E-state index contributed by atoms with van der Waals surface area (Å²) in [5.74, 6) is -1.03. The van der Waals surface area contributed by atoms with E-state index < -0.39 is 16.0 Å². The van der Waals surface area contributed by atoms with Gasteiger partial charge >= 0.3 is 5.97 Å². The predicted molar refractivity (Wildman–Crippen MR) is 82.7 cm³/mol. The van der Waals surface area contributed by atoms with Crippen LogP contribution in [0.3, 0.4) is 0 Å². The number of carboxylic acids is 1. The summed E-state index contributed by atoms with van der Waals surface area (Å²) in [6.07, 6.45) is 0.317. The maximum absolute atomic E-state index is 12.0. The quantitative estimate of drug-likeness (QED) is 0.707. The lowest BCUT2D eigenvalue weighted by molar-refractivity contribution is -0.137. The molecule has 124 valence electrons. The largest absolute Gasteiger partial charge is 0.481 e. The molecular weight excluding hydrogens is 322 g/mol. The lowest BCUT2D eigenvalue weighted by Gasteiger charge is -2.18. The van der Waals surface area contributed by atoms with Crippen LogP contribution in [0.5, 0.6) is 0 Å². The fourth-order valence-corrected chi connectivity index (χ4v) is 3.43. The van der Waals surface area contributed by atoms with Gasteiger partial charge in [0.1, 0.15) is 4.90 Å². The van der Waals surface area contributed by atoms with E-state index in [1.807, 2.05) is 0 Å². The summed E-state index contributed by atoms with van der Waals surface area (Å²) in [6.45, 7) is 0.177. The van der Waals surface area contributed by atoms with Crippen LogP contribution in [0, 0.1) is 0 Å². The summed E-state index contributed by atoms with van der Waals surface area (Å²) in [5, 5.41) is 11.1. The van der Waals surface area contributed by atoms with Crippen molar-refractivity contribution in [1.82, 2.24) is 10.2 Å². The molecule has 0 bridgehead atoms. The molecule has 0 radical (unpaired) electrons. The fraction of sp³-hybridized carbons (Fsp3) is 0.357. The third-order valence-electron chi connectivity index (χ3n) is 3.24. The average molecular weight is 339 g/mol. The van der Waals surface area contributed by atoms with E-state index in [1.54, 1.807) is 25.2 Å². The molecule has 2 rings (SSSR count). The van der Waals surface area contributed by atoms with Gasteiger partial charge in [-0.3, -0.25) is 9.59 Å². The number of nitrogens with one attached hydrogen (secondary N) is 1. The Bertz CT molecular complexity index is 757. The first kappa shape index (κ1) is 16.9. The van der Waals surface area contributed by atoms with Gasteiger partial charge in [0.25, 0.3) is 10.0 Å². The van der Waals surface area contributed by atoms with Crippen LogP contribution >= 0.6 is 0 Å². The van der Waals surface area contributed by atoms with E-state index >= 15 is 0 Å². The Labute approximate surface area is 133 Å². The summed E-state index contributed by atoms with van der Waals surface area (Å²) in [6, 6.07) is 6.43. The topological polar surface area (TPSA) is 116 Å². The zero-order valence-electron chi connectivity index (χ0n) is 12.5. The molecule has 1 aliphatic rings. The predicted octanol–water partition coefficient (Wildman–Crippen LogP) is 0.0483. The fourth-order valence-electron chi connectivity index (χ4n) is 2.18. The van der Waals surface area contributed by atoms with Crippen molar-refractivity contribution in [2.24, 2.45) is 4.40 Å². The molecule has 9 heteroatoms. The first-order valence-electron chi connectivity index (χ1n) is 6.95. The number of benzene rings is 1. The van der Waals surface area contributed by atoms with Gasteiger partial charge in [0, 0.05) is 25.6 Å². The molecule has 0 atom stereocenters. The van der Waals surface area contributed by atoms with Gasteiger partial charge in [-0.15, -0.1) is 4.40 Å². The molecule has 0 saturated carbocycles. The summed E-state index contributed by atoms with van der Waals surface area (Å²) in [7, 11) is -2.14. The van der Waals surface area contributed by atoms with Gasteiger partial charge < -0.3 is 15.3 Å². The summed E-state index contributed by atoms with van der Waals surface area (Å²) in [4.78, 5) is 23.8. The van der Waals surface area contributed by atoms with Crippen LogP contribution in [-0.4, -0.2) is 56.3 Å². The number of carbonyl (C=O) groups excluding carboxylic acids is 1. The number of rotatable bonds is 6.